The van der Waals surface area contributed by atoms with Crippen LogP contribution in [0.5, 0.6) is 0 Å². The molecule has 1 heterocycles. The van der Waals surface area contributed by atoms with Crippen LogP contribution < -0.4 is 5.73 Å². The Morgan fingerprint density at radius 1 is 1.70 bits per heavy atom. The number of rotatable bonds is 1. The predicted octanol–water partition coefficient (Wildman–Crippen LogP) is 1.37. The average Bonchev–Trinajstić information content (AvgIpc) is 2.11. The fraction of sp³-hybridized carbons (Fsp3) is 0.400. The van der Waals surface area contributed by atoms with Gasteiger partial charge >= 0.3 is 5.92 Å². The smallest absolute Gasteiger partial charge is 0.304 e. The lowest BCUT2D eigenvalue weighted by molar-refractivity contribution is -0.0105. The van der Waals surface area contributed by atoms with Gasteiger partial charge in [0.2, 0.25) is 5.76 Å². The number of nitrogens with zero attached hydrogens (tertiary/aromatic N) is 1. The maximum atomic E-state index is 12.3. The quantitative estimate of drug-likeness (QED) is 0.654. The summed E-state index contributed by atoms with van der Waals surface area (Å²) in [5.74, 6) is -3.54. The van der Waals surface area contributed by atoms with Gasteiger partial charge in [-0.1, -0.05) is 5.16 Å². The van der Waals surface area contributed by atoms with Gasteiger partial charge in [-0.05, 0) is 0 Å². The molecule has 0 aliphatic carbocycles. The summed E-state index contributed by atoms with van der Waals surface area (Å²) in [5, 5.41) is 3.11. The summed E-state index contributed by atoms with van der Waals surface area (Å²) >= 11 is 0. The second-order valence-electron chi connectivity index (χ2n) is 2.00. The van der Waals surface area contributed by atoms with Gasteiger partial charge in [0, 0.05) is 13.0 Å². The molecule has 56 valence electrons. The minimum atomic E-state index is -3.00. The maximum absolute atomic E-state index is 12.3. The lowest BCUT2D eigenvalue weighted by atomic mass is 10.3. The third-order valence-electron chi connectivity index (χ3n) is 0.961. The van der Waals surface area contributed by atoms with Crippen molar-refractivity contribution < 1.29 is 13.3 Å². The van der Waals surface area contributed by atoms with Gasteiger partial charge in [0.15, 0.2) is 5.82 Å². The van der Waals surface area contributed by atoms with Crippen molar-refractivity contribution in [3.63, 3.8) is 0 Å². The van der Waals surface area contributed by atoms with Crippen LogP contribution in [0.2, 0.25) is 0 Å². The van der Waals surface area contributed by atoms with Crippen molar-refractivity contribution in [2.75, 3.05) is 5.73 Å². The number of anilines is 1. The van der Waals surface area contributed by atoms with Crippen LogP contribution in [0.1, 0.15) is 12.7 Å². The Morgan fingerprint density at radius 2 is 2.30 bits per heavy atom. The average molecular weight is 148 g/mol. The van der Waals surface area contributed by atoms with E-state index in [4.69, 9.17) is 5.73 Å². The number of nitrogen functional groups attached to an aromatic ring is 1. The fourth-order valence-electron chi connectivity index (χ4n) is 0.496. The molecule has 0 unspecified atom stereocenters. The van der Waals surface area contributed by atoms with Crippen LogP contribution in [-0.4, -0.2) is 5.16 Å². The molecule has 5 heteroatoms. The molecule has 0 saturated heterocycles. The van der Waals surface area contributed by atoms with E-state index in [9.17, 15) is 8.78 Å². The van der Waals surface area contributed by atoms with Crippen LogP contribution in [0.25, 0.3) is 0 Å². The Labute approximate surface area is 55.8 Å². The first kappa shape index (κ1) is 6.98. The van der Waals surface area contributed by atoms with E-state index in [-0.39, 0.29) is 5.82 Å². The van der Waals surface area contributed by atoms with E-state index in [1.165, 1.54) is 0 Å². The summed E-state index contributed by atoms with van der Waals surface area (Å²) in [6.07, 6.45) is 0. The molecule has 0 atom stereocenters. The molecule has 1 aromatic heterocycles. The fourth-order valence-corrected chi connectivity index (χ4v) is 0.496. The van der Waals surface area contributed by atoms with Gasteiger partial charge in [-0.25, -0.2) is 0 Å². The number of alkyl halides is 2. The summed E-state index contributed by atoms with van der Waals surface area (Å²) in [7, 11) is 0. The molecule has 0 radical (unpaired) electrons. The first-order valence-electron chi connectivity index (χ1n) is 2.60. The Balaban J connectivity index is 2.96. The SMILES string of the molecule is CC(F)(F)c1cc(N)no1. The lowest BCUT2D eigenvalue weighted by Gasteiger charge is -2.01. The van der Waals surface area contributed by atoms with Gasteiger partial charge < -0.3 is 10.3 Å². The topological polar surface area (TPSA) is 52.0 Å². The van der Waals surface area contributed by atoms with E-state index in [0.29, 0.717) is 6.92 Å². The first-order chi connectivity index (χ1) is 4.50. The summed E-state index contributed by atoms with van der Waals surface area (Å²) in [6, 6.07) is 1.000. The van der Waals surface area contributed by atoms with Gasteiger partial charge in [-0.15, -0.1) is 0 Å². The molecule has 0 amide bonds. The molecular weight excluding hydrogens is 142 g/mol. The zero-order valence-corrected chi connectivity index (χ0v) is 5.27. The van der Waals surface area contributed by atoms with E-state index < -0.39 is 11.7 Å². The second-order valence-corrected chi connectivity index (χ2v) is 2.00. The molecule has 0 aliphatic heterocycles. The molecule has 1 aromatic rings. The van der Waals surface area contributed by atoms with Crippen LogP contribution in [0.4, 0.5) is 14.6 Å². The summed E-state index contributed by atoms with van der Waals surface area (Å²) < 4.78 is 28.8. The normalized spacial score (nSPS) is 11.9. The first-order valence-corrected chi connectivity index (χ1v) is 2.60. The number of hydrogen-bond acceptors (Lipinski definition) is 3. The predicted molar refractivity (Wildman–Crippen MR) is 30.5 cm³/mol. The van der Waals surface area contributed by atoms with Crippen LogP contribution in [-0.2, 0) is 5.92 Å². The highest BCUT2D eigenvalue weighted by Gasteiger charge is 2.29. The minimum Gasteiger partial charge on any atom is -0.381 e. The Morgan fingerprint density at radius 3 is 2.50 bits per heavy atom. The number of halogens is 2. The maximum Gasteiger partial charge on any atom is 0.304 e. The van der Waals surface area contributed by atoms with E-state index in [1.54, 1.807) is 0 Å². The zero-order chi connectivity index (χ0) is 7.78. The van der Waals surface area contributed by atoms with Crippen molar-refractivity contribution in [3.8, 4) is 0 Å². The molecule has 1 rings (SSSR count). The van der Waals surface area contributed by atoms with Crippen LogP contribution in [0, 0.1) is 0 Å². The van der Waals surface area contributed by atoms with E-state index >= 15 is 0 Å². The van der Waals surface area contributed by atoms with Crippen LogP contribution >= 0.6 is 0 Å². The molecule has 0 fully saturated rings. The highest BCUT2D eigenvalue weighted by molar-refractivity contribution is 5.27. The number of hydrogen-bond donors (Lipinski definition) is 1. The zero-order valence-electron chi connectivity index (χ0n) is 5.27. The van der Waals surface area contributed by atoms with Gasteiger partial charge in [0.05, 0.1) is 0 Å². The minimum absolute atomic E-state index is 0.0310. The molecular formula is C5H6F2N2O. The van der Waals surface area contributed by atoms with Crippen molar-refractivity contribution >= 4 is 5.82 Å². The van der Waals surface area contributed by atoms with E-state index in [2.05, 4.69) is 9.68 Å². The Kier molecular flexibility index (Phi) is 1.35. The van der Waals surface area contributed by atoms with E-state index in [0.717, 1.165) is 6.07 Å². The molecule has 2 N–H and O–H groups in total. The highest BCUT2D eigenvalue weighted by Crippen LogP contribution is 2.27. The molecule has 0 aliphatic rings. The molecule has 3 nitrogen and oxygen atoms in total. The third-order valence-corrected chi connectivity index (χ3v) is 0.961. The molecule has 0 saturated carbocycles. The van der Waals surface area contributed by atoms with Crippen molar-refractivity contribution in [2.45, 2.75) is 12.8 Å². The molecule has 0 aromatic carbocycles. The standard InChI is InChI=1S/C5H6F2N2O/c1-5(6,7)3-2-4(8)9-10-3/h2H,1H3,(H2,8,9). The van der Waals surface area contributed by atoms with Crippen molar-refractivity contribution in [1.82, 2.24) is 5.16 Å². The monoisotopic (exact) mass is 148 g/mol. The largest absolute Gasteiger partial charge is 0.381 e. The molecule has 0 bridgehead atoms. The summed E-state index contributed by atoms with van der Waals surface area (Å²) in [4.78, 5) is 0. The van der Waals surface area contributed by atoms with E-state index in [1.807, 2.05) is 0 Å². The lowest BCUT2D eigenvalue weighted by Crippen LogP contribution is -2.04. The van der Waals surface area contributed by atoms with Gasteiger partial charge in [0.25, 0.3) is 0 Å². The Bertz CT molecular complexity index is 228. The Hall–Kier alpha value is -1.13. The summed E-state index contributed by atoms with van der Waals surface area (Å²) in [5.41, 5.74) is 5.04. The van der Waals surface area contributed by atoms with Gasteiger partial charge in [0.1, 0.15) is 0 Å². The summed E-state index contributed by atoms with van der Waals surface area (Å²) in [6.45, 7) is 0.715. The third kappa shape index (κ3) is 1.23. The van der Waals surface area contributed by atoms with Crippen LogP contribution in [0.15, 0.2) is 10.6 Å². The van der Waals surface area contributed by atoms with Crippen molar-refractivity contribution in [2.24, 2.45) is 0 Å². The van der Waals surface area contributed by atoms with Gasteiger partial charge in [-0.3, -0.25) is 0 Å². The number of aromatic nitrogens is 1. The van der Waals surface area contributed by atoms with Crippen LogP contribution in [0.3, 0.4) is 0 Å². The number of nitrogens with two attached hydrogens (primary N) is 1. The molecule has 10 heavy (non-hydrogen) atoms. The second kappa shape index (κ2) is 1.93. The highest BCUT2D eigenvalue weighted by atomic mass is 19.3. The molecule has 0 spiro atoms. The van der Waals surface area contributed by atoms with Crippen molar-refractivity contribution in [3.05, 3.63) is 11.8 Å². The van der Waals surface area contributed by atoms with Gasteiger partial charge in [-0.2, -0.15) is 8.78 Å². The van der Waals surface area contributed by atoms with Crippen molar-refractivity contribution in [1.29, 1.82) is 0 Å².